The summed E-state index contributed by atoms with van der Waals surface area (Å²) in [6.45, 7) is 10.5. The second-order valence-corrected chi connectivity index (χ2v) is 22.3. The lowest BCUT2D eigenvalue weighted by Gasteiger charge is -2.42. The minimum atomic E-state index is -4.77. The summed E-state index contributed by atoms with van der Waals surface area (Å²) in [5.41, 5.74) is -1.19. The number of alkyl carbamates (subject to hydrolysis) is 1. The highest BCUT2D eigenvalue weighted by atomic mass is 35.5. The molecule has 2 saturated heterocycles. The van der Waals surface area contributed by atoms with E-state index >= 15 is 0 Å². The average molecular weight is 979 g/mol. The number of ether oxygens (including phenoxy) is 5. The highest BCUT2D eigenvalue weighted by Gasteiger charge is 2.64. The molecule has 358 valence electrons. The lowest BCUT2D eigenvalue weighted by molar-refractivity contribution is -0.162. The molecule has 22 heteroatoms. The zero-order chi connectivity index (χ0) is 48.1. The van der Waals surface area contributed by atoms with E-state index in [-0.39, 0.29) is 36.5 Å². The smallest absolute Gasteiger partial charge is 0.409 e. The Kier molecular flexibility index (Phi) is 17.7. The van der Waals surface area contributed by atoms with E-state index in [0.717, 1.165) is 11.1 Å². The number of esters is 1. The van der Waals surface area contributed by atoms with Crippen molar-refractivity contribution in [2.45, 2.75) is 132 Å². The van der Waals surface area contributed by atoms with Gasteiger partial charge in [-0.05, 0) is 71.6 Å². The van der Waals surface area contributed by atoms with Crippen molar-refractivity contribution in [3.05, 3.63) is 46.5 Å². The van der Waals surface area contributed by atoms with Crippen molar-refractivity contribution in [1.82, 2.24) is 10.2 Å². The zero-order valence-electron chi connectivity index (χ0n) is 37.6. The number of hydrogen-bond acceptors (Lipinski definition) is 15. The van der Waals surface area contributed by atoms with Crippen LogP contribution in [0.1, 0.15) is 79.2 Å². The van der Waals surface area contributed by atoms with Crippen LogP contribution < -0.4 is 15.0 Å². The molecule has 3 aliphatic rings. The molecule has 0 spiro atoms. The second-order valence-electron chi connectivity index (χ2n) is 17.2. The molecule has 1 unspecified atom stereocenters. The highest BCUT2D eigenvalue weighted by molar-refractivity contribution is 8.77. The minimum absolute atomic E-state index is 0.00418. The van der Waals surface area contributed by atoms with Gasteiger partial charge in [-0.25, -0.2) is 9.59 Å². The molecule has 3 amide bonds. The third-order valence-corrected chi connectivity index (χ3v) is 16.8. The maximum atomic E-state index is 14.3. The van der Waals surface area contributed by atoms with Crippen molar-refractivity contribution >= 4 is 78.8 Å². The van der Waals surface area contributed by atoms with Gasteiger partial charge in [0, 0.05) is 50.5 Å². The Morgan fingerprint density at radius 2 is 1.88 bits per heavy atom. The Balaban J connectivity index is 1.58. The standard InChI is InChI=1S/C42H60ClN3O15S3/c1-23-12-11-13-31(58-10)42(53)22-29(59-39(52)44-42)24(2)36-41(6,61-36)32(21-34(48)46(8)27-19-26(18-23)20-28(57-9)35(27)43)60-38(51)25(3)45(7)33(47)14-16-40(4,5)63-62-17-15-30(37(49)50)64(54,55)56/h11-13,19-20,24-25,29-32,36,53H,14-18,21-22H2,1-10H3,(H,44,52)(H,49,50)(H,54,55,56)/t24-,25+,29+,30?,31-,32+,36+,41+,42+/m1/s1. The van der Waals surface area contributed by atoms with Crippen LogP contribution in [0.3, 0.4) is 0 Å². The molecule has 1 aromatic rings. The number of aliphatic hydroxyl groups is 1. The number of carboxylic acids is 1. The molecule has 4 rings (SSSR count). The van der Waals surface area contributed by atoms with Gasteiger partial charge in [0.05, 0.1) is 25.3 Å². The molecule has 0 saturated carbocycles. The van der Waals surface area contributed by atoms with Gasteiger partial charge in [0.2, 0.25) is 11.8 Å². The van der Waals surface area contributed by atoms with Crippen LogP contribution in [0.25, 0.3) is 0 Å². The predicted molar refractivity (Wildman–Crippen MR) is 242 cm³/mol. The van der Waals surface area contributed by atoms with Crippen LogP contribution >= 0.6 is 33.2 Å². The fraction of sp³-hybridized carbons (Fsp3) is 0.643. The van der Waals surface area contributed by atoms with Gasteiger partial charge in [-0.3, -0.25) is 24.3 Å². The highest BCUT2D eigenvalue weighted by Crippen LogP contribution is 2.49. The molecule has 0 aromatic heterocycles. The number of nitrogens with one attached hydrogen (secondary N) is 1. The summed E-state index contributed by atoms with van der Waals surface area (Å²) in [6.07, 6.45) is 0.374. The molecule has 18 nitrogen and oxygen atoms in total. The molecular weight excluding hydrogens is 918 g/mol. The van der Waals surface area contributed by atoms with E-state index in [1.54, 1.807) is 38.1 Å². The summed E-state index contributed by atoms with van der Waals surface area (Å²) in [5.74, 6) is -3.53. The van der Waals surface area contributed by atoms with Gasteiger partial charge in [-0.2, -0.15) is 8.42 Å². The van der Waals surface area contributed by atoms with Gasteiger partial charge < -0.3 is 43.7 Å². The number of anilines is 1. The minimum Gasteiger partial charge on any atom is -0.495 e. The van der Waals surface area contributed by atoms with Gasteiger partial charge in [0.1, 0.15) is 40.7 Å². The second kappa shape index (κ2) is 21.4. The van der Waals surface area contributed by atoms with E-state index in [2.05, 4.69) is 5.32 Å². The molecule has 9 atom stereocenters. The topological polar surface area (TPSA) is 248 Å². The van der Waals surface area contributed by atoms with Crippen molar-refractivity contribution in [1.29, 1.82) is 0 Å². The first-order valence-electron chi connectivity index (χ1n) is 20.5. The van der Waals surface area contributed by atoms with Gasteiger partial charge >= 0.3 is 18.0 Å². The molecule has 64 heavy (non-hydrogen) atoms. The summed E-state index contributed by atoms with van der Waals surface area (Å²) in [6, 6.07) is 2.39. The first-order chi connectivity index (χ1) is 29.7. The number of rotatable bonds is 15. The summed E-state index contributed by atoms with van der Waals surface area (Å²) in [7, 11) is 3.61. The number of nitrogens with zero attached hydrogens (tertiary/aromatic N) is 2. The van der Waals surface area contributed by atoms with Crippen molar-refractivity contribution in [2.24, 2.45) is 5.92 Å². The van der Waals surface area contributed by atoms with Crippen LogP contribution in [0.4, 0.5) is 10.5 Å². The summed E-state index contributed by atoms with van der Waals surface area (Å²) in [4.78, 5) is 68.5. The molecule has 0 aliphatic carbocycles. The number of allylic oxidation sites excluding steroid dienone is 3. The molecule has 2 fully saturated rings. The Hall–Kier alpha value is -3.57. The Bertz CT molecular complexity index is 2100. The van der Waals surface area contributed by atoms with Gasteiger partial charge in [-0.1, -0.05) is 63.9 Å². The van der Waals surface area contributed by atoms with Crippen molar-refractivity contribution < 1.29 is 70.8 Å². The summed E-state index contributed by atoms with van der Waals surface area (Å²) in [5, 5.41) is 21.7. The van der Waals surface area contributed by atoms with Gasteiger partial charge in [0.25, 0.3) is 10.1 Å². The fourth-order valence-corrected chi connectivity index (χ4v) is 11.4. The predicted octanol–water partition coefficient (Wildman–Crippen LogP) is 5.19. The lowest BCUT2D eigenvalue weighted by atomic mass is 9.83. The third-order valence-electron chi connectivity index (χ3n) is 11.8. The molecule has 1 aromatic carbocycles. The number of hydrogen-bond donors (Lipinski definition) is 4. The van der Waals surface area contributed by atoms with Crippen molar-refractivity contribution in [3.8, 4) is 5.75 Å². The quantitative estimate of drug-likeness (QED) is 0.0581. The maximum Gasteiger partial charge on any atom is 0.409 e. The van der Waals surface area contributed by atoms with Crippen LogP contribution in [0, 0.1) is 5.92 Å². The van der Waals surface area contributed by atoms with Gasteiger partial charge in [0.15, 0.2) is 11.0 Å². The van der Waals surface area contributed by atoms with E-state index < -0.39 is 97.7 Å². The molecule has 3 aliphatic heterocycles. The van der Waals surface area contributed by atoms with Crippen LogP contribution in [-0.4, -0.2) is 144 Å². The van der Waals surface area contributed by atoms with E-state index in [0.29, 0.717) is 24.3 Å². The number of methoxy groups -OCH3 is 2. The Morgan fingerprint density at radius 3 is 2.48 bits per heavy atom. The van der Waals surface area contributed by atoms with E-state index in [1.807, 2.05) is 26.8 Å². The van der Waals surface area contributed by atoms with E-state index in [9.17, 15) is 42.0 Å². The maximum absolute atomic E-state index is 14.3. The van der Waals surface area contributed by atoms with Crippen LogP contribution in [0.5, 0.6) is 5.75 Å². The number of carbonyl (C=O) groups is 5. The van der Waals surface area contributed by atoms with Crippen LogP contribution in [0.15, 0.2) is 35.9 Å². The number of fused-ring (bicyclic) bond motifs is 5. The SMILES string of the molecule is COc1cc2cc(c1Cl)N(C)C(=O)C[C@H](OC(=O)[C@H](C)N(C)C(=O)CCC(C)(C)SSCCC(C(=O)O)S(=O)(=O)O)[C@]1(C)O[C@H]1[C@H](C)[C@@H]1C[C@@](O)(NC(=O)O1)[C@H](OC)C=CC=C(C)C2. The number of aliphatic carboxylic acids is 1. The van der Waals surface area contributed by atoms with Crippen LogP contribution in [-0.2, 0) is 54.7 Å². The number of halogens is 1. The molecule has 4 N–H and O–H groups in total. The number of carbonyl (C=O) groups excluding carboxylic acids is 4. The van der Waals surface area contributed by atoms with E-state index in [1.165, 1.54) is 66.6 Å². The largest absolute Gasteiger partial charge is 0.495 e. The lowest BCUT2D eigenvalue weighted by Crippen LogP contribution is -2.63. The number of amides is 3. The first kappa shape index (κ1) is 53.0. The van der Waals surface area contributed by atoms with Gasteiger partial charge in [-0.15, -0.1) is 0 Å². The number of benzene rings is 1. The Labute approximate surface area is 387 Å². The number of likely N-dealkylation sites (N-methyl/N-ethyl adjacent to an activating group) is 1. The number of carboxylic acid groups (broad SMARTS) is 1. The molecule has 4 bridgehead atoms. The summed E-state index contributed by atoms with van der Waals surface area (Å²) < 4.78 is 60.8. The number of epoxide rings is 1. The van der Waals surface area contributed by atoms with Crippen LogP contribution in [0.2, 0.25) is 5.02 Å². The Morgan fingerprint density at radius 1 is 1.20 bits per heavy atom. The molecule has 3 heterocycles. The van der Waals surface area contributed by atoms with Crippen molar-refractivity contribution in [3.63, 3.8) is 0 Å². The third kappa shape index (κ3) is 13.1. The monoisotopic (exact) mass is 977 g/mol. The normalized spacial score (nSPS) is 27.5. The molecular formula is C42H60ClN3O15S3. The van der Waals surface area contributed by atoms with Crippen molar-refractivity contribution in [2.75, 3.05) is 39.0 Å². The average Bonchev–Trinajstić information content (AvgIpc) is 3.91. The first-order valence-corrected chi connectivity index (χ1v) is 24.7. The van der Waals surface area contributed by atoms with E-state index in [4.69, 9.17) is 40.4 Å². The molecule has 0 radical (unpaired) electrons. The zero-order valence-corrected chi connectivity index (χ0v) is 40.8. The fourth-order valence-electron chi connectivity index (χ4n) is 7.60. The summed E-state index contributed by atoms with van der Waals surface area (Å²) >= 11 is 6.78.